The first-order valence-electron chi connectivity index (χ1n) is 5.62. The molecule has 2 aromatic rings. The number of thiophene rings is 1. The smallest absolute Gasteiger partial charge is 0.353 e. The van der Waals surface area contributed by atoms with Gasteiger partial charge in [-0.15, -0.1) is 11.3 Å². The van der Waals surface area contributed by atoms with Gasteiger partial charge in [-0.3, -0.25) is 10.1 Å². The molecule has 0 saturated heterocycles. The van der Waals surface area contributed by atoms with Gasteiger partial charge in [0.15, 0.2) is 0 Å². The monoisotopic (exact) mass is 293 g/mol. The molecule has 0 aliphatic heterocycles. The van der Waals surface area contributed by atoms with E-state index in [1.165, 1.54) is 36.6 Å². The van der Waals surface area contributed by atoms with Crippen molar-refractivity contribution in [1.82, 2.24) is 0 Å². The van der Waals surface area contributed by atoms with Crippen LogP contribution in [0.3, 0.4) is 0 Å². The van der Waals surface area contributed by atoms with Crippen molar-refractivity contribution in [3.8, 4) is 11.5 Å². The number of benzene rings is 1. The first-order valence-corrected chi connectivity index (χ1v) is 6.44. The molecule has 0 saturated carbocycles. The molecule has 0 atom stereocenters. The second-order valence-corrected chi connectivity index (χ2v) is 5.18. The second kappa shape index (κ2) is 5.70. The molecular formula is C13H11NO5S. The number of carbonyl (C=O) groups is 1. The highest BCUT2D eigenvalue weighted by molar-refractivity contribution is 7.13. The van der Waals surface area contributed by atoms with Gasteiger partial charge in [0, 0.05) is 4.88 Å². The molecule has 0 amide bonds. The van der Waals surface area contributed by atoms with E-state index in [0.717, 1.165) is 4.88 Å². The normalized spacial score (nSPS) is 10.1. The SMILES string of the molecule is COc1ccc(OC(=O)c2ccc(C)s2)c([N+](=O)[O-])c1. The Kier molecular flexibility index (Phi) is 3.99. The van der Waals surface area contributed by atoms with Crippen LogP contribution in [-0.2, 0) is 0 Å². The van der Waals surface area contributed by atoms with Crippen LogP contribution in [0.2, 0.25) is 0 Å². The Morgan fingerprint density at radius 1 is 1.30 bits per heavy atom. The fraction of sp³-hybridized carbons (Fsp3) is 0.154. The average molecular weight is 293 g/mol. The van der Waals surface area contributed by atoms with Gasteiger partial charge in [-0.05, 0) is 31.2 Å². The molecule has 20 heavy (non-hydrogen) atoms. The summed E-state index contributed by atoms with van der Waals surface area (Å²) in [4.78, 5) is 23.6. The lowest BCUT2D eigenvalue weighted by Crippen LogP contribution is -2.08. The van der Waals surface area contributed by atoms with Crippen molar-refractivity contribution in [2.45, 2.75) is 6.92 Å². The Hall–Kier alpha value is -2.41. The second-order valence-electron chi connectivity index (χ2n) is 3.89. The number of nitro benzene ring substituents is 1. The first kappa shape index (κ1) is 14.0. The summed E-state index contributed by atoms with van der Waals surface area (Å²) in [6.07, 6.45) is 0. The highest BCUT2D eigenvalue weighted by Crippen LogP contribution is 2.32. The molecule has 1 aromatic carbocycles. The summed E-state index contributed by atoms with van der Waals surface area (Å²) in [5.74, 6) is -0.397. The highest BCUT2D eigenvalue weighted by atomic mass is 32.1. The number of hydrogen-bond donors (Lipinski definition) is 0. The molecule has 1 heterocycles. The molecule has 2 rings (SSSR count). The molecule has 1 aromatic heterocycles. The van der Waals surface area contributed by atoms with Crippen LogP contribution in [0, 0.1) is 17.0 Å². The van der Waals surface area contributed by atoms with Crippen molar-refractivity contribution in [1.29, 1.82) is 0 Å². The number of hydrogen-bond acceptors (Lipinski definition) is 6. The van der Waals surface area contributed by atoms with Crippen LogP contribution in [-0.4, -0.2) is 18.0 Å². The summed E-state index contributed by atoms with van der Waals surface area (Å²) in [7, 11) is 1.40. The zero-order valence-corrected chi connectivity index (χ0v) is 11.6. The van der Waals surface area contributed by atoms with Crippen molar-refractivity contribution in [2.75, 3.05) is 7.11 Å². The quantitative estimate of drug-likeness (QED) is 0.374. The summed E-state index contributed by atoms with van der Waals surface area (Å²) < 4.78 is 9.99. The summed E-state index contributed by atoms with van der Waals surface area (Å²) in [6.45, 7) is 1.86. The fourth-order valence-electron chi connectivity index (χ4n) is 1.55. The minimum absolute atomic E-state index is 0.105. The van der Waals surface area contributed by atoms with Gasteiger partial charge in [-0.25, -0.2) is 4.79 Å². The molecular weight excluding hydrogens is 282 g/mol. The number of nitro groups is 1. The van der Waals surface area contributed by atoms with E-state index in [4.69, 9.17) is 9.47 Å². The predicted octanol–water partition coefficient (Wildman–Crippen LogP) is 3.19. The van der Waals surface area contributed by atoms with Gasteiger partial charge in [-0.1, -0.05) is 0 Å². The number of nitrogens with zero attached hydrogens (tertiary/aromatic N) is 1. The van der Waals surface area contributed by atoms with Gasteiger partial charge in [-0.2, -0.15) is 0 Å². The van der Waals surface area contributed by atoms with E-state index in [2.05, 4.69) is 0 Å². The average Bonchev–Trinajstić information content (AvgIpc) is 2.85. The van der Waals surface area contributed by atoms with Gasteiger partial charge < -0.3 is 9.47 Å². The number of esters is 1. The Morgan fingerprint density at radius 3 is 2.60 bits per heavy atom. The van der Waals surface area contributed by atoms with Crippen LogP contribution in [0.5, 0.6) is 11.5 Å². The predicted molar refractivity (Wildman–Crippen MR) is 73.7 cm³/mol. The highest BCUT2D eigenvalue weighted by Gasteiger charge is 2.20. The van der Waals surface area contributed by atoms with Crippen molar-refractivity contribution < 1.29 is 19.2 Å². The number of carbonyl (C=O) groups excluding carboxylic acids is 1. The number of rotatable bonds is 4. The molecule has 0 unspecified atom stereocenters. The Balaban J connectivity index is 2.29. The van der Waals surface area contributed by atoms with E-state index in [0.29, 0.717) is 10.6 Å². The third-order valence-corrected chi connectivity index (χ3v) is 3.49. The Labute approximate surface area is 118 Å². The maximum Gasteiger partial charge on any atom is 0.353 e. The molecule has 0 aliphatic carbocycles. The maximum atomic E-state index is 11.9. The Morgan fingerprint density at radius 2 is 2.05 bits per heavy atom. The molecule has 0 spiro atoms. The van der Waals surface area contributed by atoms with Gasteiger partial charge in [0.05, 0.1) is 18.1 Å². The molecule has 6 nitrogen and oxygen atoms in total. The van der Waals surface area contributed by atoms with Crippen LogP contribution >= 0.6 is 11.3 Å². The van der Waals surface area contributed by atoms with Crippen LogP contribution in [0.15, 0.2) is 30.3 Å². The molecule has 0 N–H and O–H groups in total. The van der Waals surface area contributed by atoms with Crippen molar-refractivity contribution in [3.05, 3.63) is 50.2 Å². The lowest BCUT2D eigenvalue weighted by atomic mass is 10.3. The van der Waals surface area contributed by atoms with Crippen molar-refractivity contribution in [3.63, 3.8) is 0 Å². The zero-order chi connectivity index (χ0) is 14.7. The maximum absolute atomic E-state index is 11.9. The first-order chi connectivity index (χ1) is 9.51. The van der Waals surface area contributed by atoms with E-state index < -0.39 is 10.9 Å². The molecule has 0 bridgehead atoms. The summed E-state index contributed by atoms with van der Waals surface area (Å²) in [6, 6.07) is 7.45. The summed E-state index contributed by atoms with van der Waals surface area (Å²) in [5, 5.41) is 11.0. The molecule has 7 heteroatoms. The van der Waals surface area contributed by atoms with Crippen LogP contribution < -0.4 is 9.47 Å². The van der Waals surface area contributed by atoms with Crippen LogP contribution in [0.4, 0.5) is 5.69 Å². The van der Waals surface area contributed by atoms with Gasteiger partial charge >= 0.3 is 11.7 Å². The van der Waals surface area contributed by atoms with E-state index in [1.807, 2.05) is 6.92 Å². The van der Waals surface area contributed by atoms with Crippen molar-refractivity contribution >= 4 is 23.0 Å². The minimum atomic E-state index is -0.620. The number of methoxy groups -OCH3 is 1. The molecule has 0 radical (unpaired) electrons. The third-order valence-electron chi connectivity index (χ3n) is 2.51. The van der Waals surface area contributed by atoms with E-state index >= 15 is 0 Å². The fourth-order valence-corrected chi connectivity index (χ4v) is 2.29. The molecule has 104 valence electrons. The van der Waals surface area contributed by atoms with Gasteiger partial charge in [0.1, 0.15) is 10.6 Å². The zero-order valence-electron chi connectivity index (χ0n) is 10.8. The van der Waals surface area contributed by atoms with Crippen LogP contribution in [0.25, 0.3) is 0 Å². The third kappa shape index (κ3) is 2.94. The Bertz CT molecular complexity index is 665. The summed E-state index contributed by atoms with van der Waals surface area (Å²) in [5.41, 5.74) is -0.314. The minimum Gasteiger partial charge on any atom is -0.496 e. The lowest BCUT2D eigenvalue weighted by molar-refractivity contribution is -0.385. The van der Waals surface area contributed by atoms with E-state index in [1.54, 1.807) is 12.1 Å². The standard InChI is InChI=1S/C13H11NO5S/c1-8-3-6-12(20-8)13(15)19-11-5-4-9(18-2)7-10(11)14(16)17/h3-7H,1-2H3. The number of ether oxygens (including phenoxy) is 2. The lowest BCUT2D eigenvalue weighted by Gasteiger charge is -2.05. The summed E-state index contributed by atoms with van der Waals surface area (Å²) >= 11 is 1.27. The largest absolute Gasteiger partial charge is 0.496 e. The molecule has 0 fully saturated rings. The number of aryl methyl sites for hydroxylation is 1. The van der Waals surface area contributed by atoms with Gasteiger partial charge in [0.25, 0.3) is 0 Å². The van der Waals surface area contributed by atoms with Gasteiger partial charge in [0.2, 0.25) is 5.75 Å². The molecule has 0 aliphatic rings. The van der Waals surface area contributed by atoms with E-state index in [9.17, 15) is 14.9 Å². The topological polar surface area (TPSA) is 78.7 Å². The van der Waals surface area contributed by atoms with E-state index in [-0.39, 0.29) is 11.4 Å². The van der Waals surface area contributed by atoms with Crippen LogP contribution in [0.1, 0.15) is 14.5 Å². The van der Waals surface area contributed by atoms with Crippen molar-refractivity contribution in [2.24, 2.45) is 0 Å².